The Kier molecular flexibility index (Phi) is 7.10. The molecule has 0 spiro atoms. The van der Waals surface area contributed by atoms with Gasteiger partial charge in [0.25, 0.3) is 0 Å². The zero-order valence-corrected chi connectivity index (χ0v) is 13.1. The summed E-state index contributed by atoms with van der Waals surface area (Å²) in [5.74, 6) is -1.49. The van der Waals surface area contributed by atoms with Gasteiger partial charge in [-0.15, -0.1) is 0 Å². The number of ether oxygens (including phenoxy) is 2. The van der Waals surface area contributed by atoms with Gasteiger partial charge in [-0.05, 0) is 24.6 Å². The van der Waals surface area contributed by atoms with Crippen molar-refractivity contribution < 1.29 is 27.8 Å². The number of aromatic carboxylic acids is 1. The largest absolute Gasteiger partial charge is 0.478 e. The van der Waals surface area contributed by atoms with Crippen LogP contribution in [0, 0.1) is 0 Å². The molecule has 21 heavy (non-hydrogen) atoms. The standard InChI is InChI=1S/C13H17ClO6S/c1-19-5-2-6-20-7-8-21(17,18)10-3-4-12(14)11(9-10)13(15)16/h3-4,9H,2,5-8H2,1H3,(H,15,16). The predicted octanol–water partition coefficient (Wildman–Crippen LogP) is 1.87. The first-order valence-electron chi connectivity index (χ1n) is 6.21. The third-order valence-corrected chi connectivity index (χ3v) is 4.67. The number of hydrogen-bond donors (Lipinski definition) is 1. The maximum absolute atomic E-state index is 12.1. The fourth-order valence-electron chi connectivity index (χ4n) is 1.56. The zero-order chi connectivity index (χ0) is 15.9. The summed E-state index contributed by atoms with van der Waals surface area (Å²) in [7, 11) is -2.03. The Morgan fingerprint density at radius 2 is 2.00 bits per heavy atom. The zero-order valence-electron chi connectivity index (χ0n) is 11.5. The highest BCUT2D eigenvalue weighted by molar-refractivity contribution is 7.91. The molecule has 0 aromatic heterocycles. The molecule has 0 aliphatic heterocycles. The summed E-state index contributed by atoms with van der Waals surface area (Å²) in [4.78, 5) is 10.9. The summed E-state index contributed by atoms with van der Waals surface area (Å²) in [5, 5.41) is 8.93. The molecule has 0 aliphatic carbocycles. The van der Waals surface area contributed by atoms with E-state index >= 15 is 0 Å². The summed E-state index contributed by atoms with van der Waals surface area (Å²) in [6, 6.07) is 3.61. The minimum atomic E-state index is -3.60. The molecule has 1 rings (SSSR count). The van der Waals surface area contributed by atoms with E-state index in [1.165, 1.54) is 12.1 Å². The third-order valence-electron chi connectivity index (χ3n) is 2.66. The van der Waals surface area contributed by atoms with Gasteiger partial charge in [0, 0.05) is 20.3 Å². The molecule has 118 valence electrons. The number of benzene rings is 1. The minimum absolute atomic E-state index is 0.00253. The molecule has 0 aliphatic rings. The lowest BCUT2D eigenvalue weighted by atomic mass is 10.2. The van der Waals surface area contributed by atoms with Crippen LogP contribution < -0.4 is 0 Å². The van der Waals surface area contributed by atoms with Crippen molar-refractivity contribution in [2.24, 2.45) is 0 Å². The van der Waals surface area contributed by atoms with Crippen molar-refractivity contribution in [3.05, 3.63) is 28.8 Å². The molecule has 1 aromatic carbocycles. The number of carboxylic acid groups (broad SMARTS) is 1. The van der Waals surface area contributed by atoms with Crippen molar-refractivity contribution >= 4 is 27.4 Å². The summed E-state index contributed by atoms with van der Waals surface area (Å²) in [6.07, 6.45) is 0.681. The van der Waals surface area contributed by atoms with Crippen molar-refractivity contribution in [3.63, 3.8) is 0 Å². The van der Waals surface area contributed by atoms with Gasteiger partial charge in [-0.2, -0.15) is 0 Å². The number of hydrogen-bond acceptors (Lipinski definition) is 5. The number of sulfone groups is 1. The van der Waals surface area contributed by atoms with Crippen LogP contribution in [0.2, 0.25) is 5.02 Å². The highest BCUT2D eigenvalue weighted by atomic mass is 35.5. The first kappa shape index (κ1) is 17.9. The van der Waals surface area contributed by atoms with E-state index in [9.17, 15) is 13.2 Å². The Labute approximate surface area is 128 Å². The average Bonchev–Trinajstić information content (AvgIpc) is 2.42. The van der Waals surface area contributed by atoms with Gasteiger partial charge in [0.15, 0.2) is 9.84 Å². The fourth-order valence-corrected chi connectivity index (χ4v) is 2.90. The van der Waals surface area contributed by atoms with Gasteiger partial charge in [0.05, 0.1) is 27.8 Å². The van der Waals surface area contributed by atoms with Crippen molar-refractivity contribution in [2.75, 3.05) is 32.7 Å². The molecule has 1 aromatic rings. The van der Waals surface area contributed by atoms with E-state index in [0.29, 0.717) is 19.6 Å². The normalized spacial score (nSPS) is 11.5. The molecule has 0 radical (unpaired) electrons. The van der Waals surface area contributed by atoms with Crippen LogP contribution in [0.25, 0.3) is 0 Å². The molecule has 0 amide bonds. The van der Waals surface area contributed by atoms with Crippen LogP contribution in [0.3, 0.4) is 0 Å². The molecule has 8 heteroatoms. The molecule has 0 saturated carbocycles. The van der Waals surface area contributed by atoms with Crippen LogP contribution in [0.1, 0.15) is 16.8 Å². The summed E-state index contributed by atoms with van der Waals surface area (Å²) >= 11 is 5.70. The average molecular weight is 337 g/mol. The number of carboxylic acids is 1. The molecular weight excluding hydrogens is 320 g/mol. The first-order chi connectivity index (χ1) is 9.88. The van der Waals surface area contributed by atoms with E-state index in [2.05, 4.69) is 0 Å². The predicted molar refractivity (Wildman–Crippen MR) is 77.8 cm³/mol. The molecular formula is C13H17ClO6S. The van der Waals surface area contributed by atoms with Gasteiger partial charge < -0.3 is 14.6 Å². The molecule has 0 saturated heterocycles. The van der Waals surface area contributed by atoms with Crippen molar-refractivity contribution in [3.8, 4) is 0 Å². The Morgan fingerprint density at radius 1 is 1.29 bits per heavy atom. The number of methoxy groups -OCH3 is 1. The van der Waals surface area contributed by atoms with Crippen LogP contribution in [0.4, 0.5) is 0 Å². The lowest BCUT2D eigenvalue weighted by Crippen LogP contribution is -2.14. The van der Waals surface area contributed by atoms with E-state index in [0.717, 1.165) is 6.07 Å². The smallest absolute Gasteiger partial charge is 0.337 e. The lowest BCUT2D eigenvalue weighted by Gasteiger charge is -2.07. The number of rotatable bonds is 9. The quantitative estimate of drug-likeness (QED) is 0.692. The Balaban J connectivity index is 2.66. The molecule has 6 nitrogen and oxygen atoms in total. The lowest BCUT2D eigenvalue weighted by molar-refractivity contribution is 0.0697. The highest BCUT2D eigenvalue weighted by Gasteiger charge is 2.18. The van der Waals surface area contributed by atoms with Crippen LogP contribution in [-0.2, 0) is 19.3 Å². The first-order valence-corrected chi connectivity index (χ1v) is 8.24. The highest BCUT2D eigenvalue weighted by Crippen LogP contribution is 2.21. The van der Waals surface area contributed by atoms with Crippen molar-refractivity contribution in [1.29, 1.82) is 0 Å². The maximum atomic E-state index is 12.1. The molecule has 0 heterocycles. The van der Waals surface area contributed by atoms with Gasteiger partial charge in [-0.3, -0.25) is 0 Å². The summed E-state index contributed by atoms with van der Waals surface area (Å²) < 4.78 is 34.2. The van der Waals surface area contributed by atoms with Crippen molar-refractivity contribution in [2.45, 2.75) is 11.3 Å². The van der Waals surface area contributed by atoms with E-state index in [1.807, 2.05) is 0 Å². The van der Waals surface area contributed by atoms with Gasteiger partial charge in [-0.25, -0.2) is 13.2 Å². The van der Waals surface area contributed by atoms with Gasteiger partial charge >= 0.3 is 5.97 Å². The Hall–Kier alpha value is -1.15. The van der Waals surface area contributed by atoms with Crippen LogP contribution in [-0.4, -0.2) is 52.2 Å². The number of carbonyl (C=O) groups is 1. The van der Waals surface area contributed by atoms with E-state index in [-0.39, 0.29) is 27.8 Å². The van der Waals surface area contributed by atoms with Crippen LogP contribution in [0.5, 0.6) is 0 Å². The van der Waals surface area contributed by atoms with Crippen LogP contribution in [0.15, 0.2) is 23.1 Å². The van der Waals surface area contributed by atoms with E-state index in [4.69, 9.17) is 26.2 Å². The molecule has 0 atom stereocenters. The molecule has 0 fully saturated rings. The fraction of sp³-hybridized carbons (Fsp3) is 0.462. The van der Waals surface area contributed by atoms with Gasteiger partial charge in [0.2, 0.25) is 0 Å². The summed E-state index contributed by atoms with van der Waals surface area (Å²) in [5.41, 5.74) is -0.237. The minimum Gasteiger partial charge on any atom is -0.478 e. The second-order valence-electron chi connectivity index (χ2n) is 4.22. The van der Waals surface area contributed by atoms with Gasteiger partial charge in [-0.1, -0.05) is 11.6 Å². The Bertz CT molecular complexity index is 584. The van der Waals surface area contributed by atoms with Crippen molar-refractivity contribution in [1.82, 2.24) is 0 Å². The molecule has 0 unspecified atom stereocenters. The van der Waals surface area contributed by atoms with Gasteiger partial charge in [0.1, 0.15) is 0 Å². The van der Waals surface area contributed by atoms with Crippen LogP contribution >= 0.6 is 11.6 Å². The van der Waals surface area contributed by atoms with E-state index < -0.39 is 15.8 Å². The summed E-state index contributed by atoms with van der Waals surface area (Å²) in [6.45, 7) is 0.993. The SMILES string of the molecule is COCCCOCCS(=O)(=O)c1ccc(Cl)c(C(=O)O)c1. The Morgan fingerprint density at radius 3 is 2.62 bits per heavy atom. The maximum Gasteiger partial charge on any atom is 0.337 e. The molecule has 0 bridgehead atoms. The molecule has 1 N–H and O–H groups in total. The topological polar surface area (TPSA) is 89.9 Å². The second kappa shape index (κ2) is 8.33. The second-order valence-corrected chi connectivity index (χ2v) is 6.74. The third kappa shape index (κ3) is 5.62. The van der Waals surface area contributed by atoms with E-state index in [1.54, 1.807) is 7.11 Å². The number of halogens is 1. The monoisotopic (exact) mass is 336 g/mol.